The molecule has 0 aromatic heterocycles. The van der Waals surface area contributed by atoms with Crippen molar-refractivity contribution in [3.05, 3.63) is 53.2 Å². The molecule has 0 saturated carbocycles. The number of hydrogen-bond donors (Lipinski definition) is 0. The van der Waals surface area contributed by atoms with E-state index in [2.05, 4.69) is 4.99 Å². The van der Waals surface area contributed by atoms with Crippen molar-refractivity contribution in [2.24, 2.45) is 4.99 Å². The molecule has 2 aliphatic heterocycles. The SMILES string of the molecule is COc1ccc(C2=N/C(=C\c3cc(OC)c4c(c3)OCCO4)C(=O)O2)cc1. The van der Waals surface area contributed by atoms with E-state index < -0.39 is 5.97 Å². The largest absolute Gasteiger partial charge is 0.497 e. The molecule has 0 spiro atoms. The number of benzene rings is 2. The van der Waals surface area contributed by atoms with E-state index >= 15 is 0 Å². The minimum Gasteiger partial charge on any atom is -0.497 e. The summed E-state index contributed by atoms with van der Waals surface area (Å²) in [7, 11) is 3.14. The number of aliphatic imine (C=N–C) groups is 1. The highest BCUT2D eigenvalue weighted by atomic mass is 16.6. The van der Waals surface area contributed by atoms with Crippen LogP contribution in [0.15, 0.2) is 47.1 Å². The van der Waals surface area contributed by atoms with E-state index in [0.717, 1.165) is 0 Å². The van der Waals surface area contributed by atoms with Gasteiger partial charge in [0, 0.05) is 5.56 Å². The average molecular weight is 367 g/mol. The molecule has 7 nitrogen and oxygen atoms in total. The van der Waals surface area contributed by atoms with E-state index in [1.807, 2.05) is 0 Å². The Hall–Kier alpha value is -3.48. The second kappa shape index (κ2) is 7.03. The van der Waals surface area contributed by atoms with Crippen LogP contribution in [-0.4, -0.2) is 39.3 Å². The van der Waals surface area contributed by atoms with Gasteiger partial charge in [-0.3, -0.25) is 0 Å². The summed E-state index contributed by atoms with van der Waals surface area (Å²) >= 11 is 0. The third-order valence-electron chi connectivity index (χ3n) is 4.11. The predicted molar refractivity (Wildman–Crippen MR) is 97.6 cm³/mol. The molecule has 2 heterocycles. The monoisotopic (exact) mass is 367 g/mol. The molecule has 0 radical (unpaired) electrons. The van der Waals surface area contributed by atoms with Gasteiger partial charge in [0.1, 0.15) is 19.0 Å². The molecule has 27 heavy (non-hydrogen) atoms. The Bertz CT molecular complexity index is 928. The maximum absolute atomic E-state index is 12.2. The maximum atomic E-state index is 12.2. The zero-order valence-electron chi connectivity index (χ0n) is 14.9. The van der Waals surface area contributed by atoms with E-state index in [0.29, 0.717) is 47.3 Å². The van der Waals surface area contributed by atoms with Gasteiger partial charge in [-0.25, -0.2) is 9.79 Å². The number of rotatable bonds is 4. The Morgan fingerprint density at radius 3 is 2.56 bits per heavy atom. The number of fused-ring (bicyclic) bond motifs is 1. The Labute approximate surface area is 155 Å². The lowest BCUT2D eigenvalue weighted by atomic mass is 10.1. The summed E-state index contributed by atoms with van der Waals surface area (Å²) in [6.07, 6.45) is 1.62. The molecule has 0 N–H and O–H groups in total. The predicted octanol–water partition coefficient (Wildman–Crippen LogP) is 2.82. The van der Waals surface area contributed by atoms with E-state index in [1.165, 1.54) is 0 Å². The number of nitrogens with zero attached hydrogens (tertiary/aromatic N) is 1. The van der Waals surface area contributed by atoms with Gasteiger partial charge in [0.25, 0.3) is 0 Å². The van der Waals surface area contributed by atoms with Crippen molar-refractivity contribution in [3.8, 4) is 23.0 Å². The highest BCUT2D eigenvalue weighted by Gasteiger charge is 2.25. The van der Waals surface area contributed by atoms with Crippen molar-refractivity contribution in [3.63, 3.8) is 0 Å². The van der Waals surface area contributed by atoms with Gasteiger partial charge in [0.05, 0.1) is 14.2 Å². The van der Waals surface area contributed by atoms with Crippen LogP contribution in [0.4, 0.5) is 0 Å². The standard InChI is InChI=1S/C20H17NO6/c1-23-14-5-3-13(4-6-14)19-21-15(20(22)27-19)9-12-10-16(24-2)18-17(11-12)25-7-8-26-18/h3-6,9-11H,7-8H2,1-2H3/b15-9-. The number of ether oxygens (including phenoxy) is 5. The fourth-order valence-electron chi connectivity index (χ4n) is 2.80. The topological polar surface area (TPSA) is 75.6 Å². The van der Waals surface area contributed by atoms with Gasteiger partial charge in [-0.05, 0) is 48.0 Å². The second-order valence-electron chi connectivity index (χ2n) is 5.81. The van der Waals surface area contributed by atoms with Gasteiger partial charge in [0.2, 0.25) is 11.6 Å². The minimum atomic E-state index is -0.519. The molecule has 2 aromatic rings. The summed E-state index contributed by atoms with van der Waals surface area (Å²) in [5, 5.41) is 0. The average Bonchev–Trinajstić information content (AvgIpc) is 3.07. The summed E-state index contributed by atoms with van der Waals surface area (Å²) in [6, 6.07) is 10.6. The quantitative estimate of drug-likeness (QED) is 0.611. The van der Waals surface area contributed by atoms with Gasteiger partial charge in [-0.2, -0.15) is 0 Å². The van der Waals surface area contributed by atoms with Crippen molar-refractivity contribution in [1.29, 1.82) is 0 Å². The Morgan fingerprint density at radius 1 is 1.04 bits per heavy atom. The van der Waals surface area contributed by atoms with Gasteiger partial charge in [-0.1, -0.05) is 0 Å². The normalized spacial score (nSPS) is 16.7. The summed E-state index contributed by atoms with van der Waals surface area (Å²) in [6.45, 7) is 0.920. The third kappa shape index (κ3) is 3.31. The first-order chi connectivity index (χ1) is 13.2. The third-order valence-corrected chi connectivity index (χ3v) is 4.11. The molecule has 2 aromatic carbocycles. The molecule has 4 rings (SSSR count). The van der Waals surface area contributed by atoms with Gasteiger partial charge in [0.15, 0.2) is 17.2 Å². The Kier molecular flexibility index (Phi) is 4.42. The molecule has 0 unspecified atom stereocenters. The summed E-state index contributed by atoms with van der Waals surface area (Å²) in [5.41, 5.74) is 1.58. The van der Waals surface area contributed by atoms with Crippen LogP contribution >= 0.6 is 0 Å². The number of esters is 1. The summed E-state index contributed by atoms with van der Waals surface area (Å²) in [5.74, 6) is 2.10. The number of carbonyl (C=O) groups excluding carboxylic acids is 1. The first-order valence-corrected chi connectivity index (χ1v) is 8.32. The van der Waals surface area contributed by atoms with Crippen LogP contribution in [0, 0.1) is 0 Å². The first-order valence-electron chi connectivity index (χ1n) is 8.32. The van der Waals surface area contributed by atoms with Crippen LogP contribution in [-0.2, 0) is 9.53 Å². The smallest absolute Gasteiger partial charge is 0.363 e. The fourth-order valence-corrected chi connectivity index (χ4v) is 2.80. The van der Waals surface area contributed by atoms with E-state index in [-0.39, 0.29) is 11.6 Å². The maximum Gasteiger partial charge on any atom is 0.363 e. The molecule has 138 valence electrons. The van der Waals surface area contributed by atoms with Gasteiger partial charge >= 0.3 is 5.97 Å². The van der Waals surface area contributed by atoms with Crippen LogP contribution in [0.25, 0.3) is 6.08 Å². The van der Waals surface area contributed by atoms with Crippen molar-refractivity contribution in [2.45, 2.75) is 0 Å². The highest BCUT2D eigenvalue weighted by molar-refractivity contribution is 6.12. The van der Waals surface area contributed by atoms with Gasteiger partial charge < -0.3 is 23.7 Å². The van der Waals surface area contributed by atoms with Crippen LogP contribution < -0.4 is 18.9 Å². The molecule has 0 amide bonds. The van der Waals surface area contributed by atoms with E-state index in [1.54, 1.807) is 56.7 Å². The minimum absolute atomic E-state index is 0.194. The number of carbonyl (C=O) groups is 1. The van der Waals surface area contributed by atoms with Crippen LogP contribution in [0.3, 0.4) is 0 Å². The molecule has 0 fully saturated rings. The first kappa shape index (κ1) is 17.0. The lowest BCUT2D eigenvalue weighted by molar-refractivity contribution is -0.129. The lowest BCUT2D eigenvalue weighted by Crippen LogP contribution is -2.16. The zero-order chi connectivity index (χ0) is 18.8. The Morgan fingerprint density at radius 2 is 1.81 bits per heavy atom. The molecule has 2 aliphatic rings. The zero-order valence-corrected chi connectivity index (χ0v) is 14.9. The second-order valence-corrected chi connectivity index (χ2v) is 5.81. The van der Waals surface area contributed by atoms with Crippen LogP contribution in [0.1, 0.15) is 11.1 Å². The molecule has 0 bridgehead atoms. The number of methoxy groups -OCH3 is 2. The molecular formula is C20H17NO6. The van der Waals surface area contributed by atoms with E-state index in [9.17, 15) is 4.79 Å². The Balaban J connectivity index is 1.67. The number of hydrogen-bond acceptors (Lipinski definition) is 7. The summed E-state index contributed by atoms with van der Waals surface area (Å²) in [4.78, 5) is 16.5. The van der Waals surface area contributed by atoms with Crippen molar-refractivity contribution < 1.29 is 28.5 Å². The van der Waals surface area contributed by atoms with Crippen molar-refractivity contribution >= 4 is 17.9 Å². The van der Waals surface area contributed by atoms with E-state index in [4.69, 9.17) is 23.7 Å². The van der Waals surface area contributed by atoms with Crippen LogP contribution in [0.2, 0.25) is 0 Å². The van der Waals surface area contributed by atoms with Crippen molar-refractivity contribution in [2.75, 3.05) is 27.4 Å². The molecule has 7 heteroatoms. The number of cyclic esters (lactones) is 1. The van der Waals surface area contributed by atoms with Gasteiger partial charge in [-0.15, -0.1) is 0 Å². The molecule has 0 atom stereocenters. The summed E-state index contributed by atoms with van der Waals surface area (Å²) < 4.78 is 27.0. The molecule has 0 aliphatic carbocycles. The highest BCUT2D eigenvalue weighted by Crippen LogP contribution is 2.41. The fraction of sp³-hybridized carbons (Fsp3) is 0.200. The van der Waals surface area contributed by atoms with Crippen molar-refractivity contribution in [1.82, 2.24) is 0 Å². The molecule has 0 saturated heterocycles. The van der Waals surface area contributed by atoms with Crippen LogP contribution in [0.5, 0.6) is 23.0 Å². The lowest BCUT2D eigenvalue weighted by Gasteiger charge is -2.20. The molecular weight excluding hydrogens is 350 g/mol.